The van der Waals surface area contributed by atoms with Gasteiger partial charge in [0.15, 0.2) is 0 Å². The predicted molar refractivity (Wildman–Crippen MR) is 65.7 cm³/mol. The van der Waals surface area contributed by atoms with E-state index >= 15 is 0 Å². The molecule has 0 bridgehead atoms. The Morgan fingerprint density at radius 3 is 2.94 bits per heavy atom. The molecule has 1 aromatic rings. The molecule has 3 N–H and O–H groups in total. The smallest absolute Gasteiger partial charge is 0.254 e. The van der Waals surface area contributed by atoms with Crippen LogP contribution in [0.5, 0.6) is 0 Å². The van der Waals surface area contributed by atoms with Gasteiger partial charge in [-0.15, -0.1) is 0 Å². The molecule has 94 valence electrons. The van der Waals surface area contributed by atoms with Crippen molar-refractivity contribution in [3.63, 3.8) is 0 Å². The van der Waals surface area contributed by atoms with E-state index in [4.69, 9.17) is 10.2 Å². The van der Waals surface area contributed by atoms with Gasteiger partial charge >= 0.3 is 0 Å². The van der Waals surface area contributed by atoms with Crippen LogP contribution in [0.3, 0.4) is 0 Å². The number of nitrogens with one attached hydrogen (secondary N) is 1. The van der Waals surface area contributed by atoms with Gasteiger partial charge in [0.05, 0.1) is 5.56 Å². The monoisotopic (exact) mass is 236 g/mol. The van der Waals surface area contributed by atoms with Crippen molar-refractivity contribution in [2.24, 2.45) is 11.7 Å². The molecular formula is C13H20N2O2. The normalized spacial score (nSPS) is 24.6. The van der Waals surface area contributed by atoms with E-state index in [0.717, 1.165) is 18.6 Å². The molecule has 2 rings (SSSR count). The number of amides is 1. The van der Waals surface area contributed by atoms with E-state index in [2.05, 4.69) is 5.32 Å². The highest BCUT2D eigenvalue weighted by Crippen LogP contribution is 2.22. The standard InChI is InChI=1S/C13H20N2O2/c1-9-6-11(8-17-9)13(16)15-7-10-4-2-3-5-12(10)14/h6,8,10,12H,2-5,7,14H2,1H3,(H,15,16). The summed E-state index contributed by atoms with van der Waals surface area (Å²) in [6, 6.07) is 1.98. The summed E-state index contributed by atoms with van der Waals surface area (Å²) in [6.07, 6.45) is 6.12. The summed E-state index contributed by atoms with van der Waals surface area (Å²) in [4.78, 5) is 11.8. The number of hydrogen-bond donors (Lipinski definition) is 2. The third-order valence-electron chi connectivity index (χ3n) is 3.49. The van der Waals surface area contributed by atoms with E-state index < -0.39 is 0 Å². The molecule has 1 saturated carbocycles. The molecule has 1 amide bonds. The van der Waals surface area contributed by atoms with E-state index in [1.165, 1.54) is 19.1 Å². The van der Waals surface area contributed by atoms with Gasteiger partial charge in [-0.25, -0.2) is 0 Å². The summed E-state index contributed by atoms with van der Waals surface area (Å²) in [5.74, 6) is 1.10. The van der Waals surface area contributed by atoms with Gasteiger partial charge in [0.25, 0.3) is 5.91 Å². The van der Waals surface area contributed by atoms with Gasteiger partial charge < -0.3 is 15.5 Å². The van der Waals surface area contributed by atoms with Crippen molar-refractivity contribution in [2.75, 3.05) is 6.54 Å². The first-order valence-corrected chi connectivity index (χ1v) is 6.25. The lowest BCUT2D eigenvalue weighted by molar-refractivity contribution is 0.0941. The summed E-state index contributed by atoms with van der Waals surface area (Å²) in [7, 11) is 0. The fourth-order valence-electron chi connectivity index (χ4n) is 2.38. The summed E-state index contributed by atoms with van der Waals surface area (Å²) in [5, 5.41) is 2.93. The second-order valence-corrected chi connectivity index (χ2v) is 4.86. The Morgan fingerprint density at radius 1 is 1.53 bits per heavy atom. The molecule has 0 radical (unpaired) electrons. The molecule has 4 heteroatoms. The number of carbonyl (C=O) groups excluding carboxylic acids is 1. The van der Waals surface area contributed by atoms with Crippen LogP contribution < -0.4 is 11.1 Å². The average Bonchev–Trinajstić information content (AvgIpc) is 2.74. The van der Waals surface area contributed by atoms with Gasteiger partial charge in [-0.05, 0) is 31.7 Å². The zero-order valence-corrected chi connectivity index (χ0v) is 10.2. The molecular weight excluding hydrogens is 216 g/mol. The lowest BCUT2D eigenvalue weighted by Gasteiger charge is -2.28. The summed E-state index contributed by atoms with van der Waals surface area (Å²) >= 11 is 0. The van der Waals surface area contributed by atoms with Crippen molar-refractivity contribution in [1.29, 1.82) is 0 Å². The quantitative estimate of drug-likeness (QED) is 0.841. The van der Waals surface area contributed by atoms with E-state index in [0.29, 0.717) is 18.0 Å². The maximum atomic E-state index is 11.8. The lowest BCUT2D eigenvalue weighted by Crippen LogP contribution is -2.41. The molecule has 0 aliphatic heterocycles. The summed E-state index contributed by atoms with van der Waals surface area (Å²) < 4.78 is 5.11. The SMILES string of the molecule is Cc1cc(C(=O)NCC2CCCCC2N)co1. The molecule has 2 unspecified atom stereocenters. The highest BCUT2D eigenvalue weighted by Gasteiger charge is 2.22. The molecule has 1 heterocycles. The van der Waals surface area contributed by atoms with Crippen LogP contribution in [-0.2, 0) is 0 Å². The van der Waals surface area contributed by atoms with Gasteiger partial charge in [-0.2, -0.15) is 0 Å². The van der Waals surface area contributed by atoms with E-state index in [1.54, 1.807) is 6.07 Å². The molecule has 1 fully saturated rings. The molecule has 0 saturated heterocycles. The topological polar surface area (TPSA) is 68.3 Å². The van der Waals surface area contributed by atoms with Crippen molar-refractivity contribution in [3.05, 3.63) is 23.7 Å². The van der Waals surface area contributed by atoms with Crippen molar-refractivity contribution in [3.8, 4) is 0 Å². The molecule has 4 nitrogen and oxygen atoms in total. The van der Waals surface area contributed by atoms with E-state index in [1.807, 2.05) is 6.92 Å². The zero-order valence-electron chi connectivity index (χ0n) is 10.2. The predicted octanol–water partition coefficient (Wildman–Crippen LogP) is 1.84. The number of aryl methyl sites for hydroxylation is 1. The van der Waals surface area contributed by atoms with Crippen LogP contribution in [-0.4, -0.2) is 18.5 Å². The minimum Gasteiger partial charge on any atom is -0.469 e. The average molecular weight is 236 g/mol. The van der Waals surface area contributed by atoms with Gasteiger partial charge in [0.2, 0.25) is 0 Å². The number of hydrogen-bond acceptors (Lipinski definition) is 3. The van der Waals surface area contributed by atoms with Crippen LogP contribution in [0, 0.1) is 12.8 Å². The van der Waals surface area contributed by atoms with Crippen molar-refractivity contribution in [1.82, 2.24) is 5.32 Å². The Morgan fingerprint density at radius 2 is 2.29 bits per heavy atom. The fraction of sp³-hybridized carbons (Fsp3) is 0.615. The highest BCUT2D eigenvalue weighted by molar-refractivity contribution is 5.93. The molecule has 2 atom stereocenters. The third-order valence-corrected chi connectivity index (χ3v) is 3.49. The molecule has 0 aromatic carbocycles. The lowest BCUT2D eigenvalue weighted by atomic mass is 9.85. The zero-order chi connectivity index (χ0) is 12.3. The Kier molecular flexibility index (Phi) is 3.84. The van der Waals surface area contributed by atoms with E-state index in [9.17, 15) is 4.79 Å². The minimum absolute atomic E-state index is 0.0698. The minimum atomic E-state index is -0.0698. The maximum absolute atomic E-state index is 11.8. The number of carbonyl (C=O) groups is 1. The first kappa shape index (κ1) is 12.2. The second-order valence-electron chi connectivity index (χ2n) is 4.86. The number of furan rings is 1. The van der Waals surface area contributed by atoms with Gasteiger partial charge in [0, 0.05) is 12.6 Å². The molecule has 0 spiro atoms. The van der Waals surface area contributed by atoms with Crippen LogP contribution in [0.4, 0.5) is 0 Å². The van der Waals surface area contributed by atoms with Crippen molar-refractivity contribution >= 4 is 5.91 Å². The Labute approximate surface area is 102 Å². The maximum Gasteiger partial charge on any atom is 0.254 e. The summed E-state index contributed by atoms with van der Waals surface area (Å²) in [5.41, 5.74) is 6.63. The van der Waals surface area contributed by atoms with Crippen LogP contribution in [0.2, 0.25) is 0 Å². The summed E-state index contributed by atoms with van der Waals surface area (Å²) in [6.45, 7) is 2.50. The molecule has 1 aliphatic rings. The van der Waals surface area contributed by atoms with Crippen LogP contribution in [0.1, 0.15) is 41.8 Å². The van der Waals surface area contributed by atoms with Crippen molar-refractivity contribution in [2.45, 2.75) is 38.6 Å². The third kappa shape index (κ3) is 3.09. The highest BCUT2D eigenvalue weighted by atomic mass is 16.3. The van der Waals surface area contributed by atoms with E-state index in [-0.39, 0.29) is 11.9 Å². The first-order valence-electron chi connectivity index (χ1n) is 6.25. The van der Waals surface area contributed by atoms with Gasteiger partial charge in [0.1, 0.15) is 12.0 Å². The fourth-order valence-corrected chi connectivity index (χ4v) is 2.38. The number of rotatable bonds is 3. The van der Waals surface area contributed by atoms with Crippen molar-refractivity contribution < 1.29 is 9.21 Å². The molecule has 1 aromatic heterocycles. The first-order chi connectivity index (χ1) is 8.16. The second kappa shape index (κ2) is 5.36. The molecule has 17 heavy (non-hydrogen) atoms. The Hall–Kier alpha value is -1.29. The van der Waals surface area contributed by atoms with Gasteiger partial charge in [-0.1, -0.05) is 12.8 Å². The molecule has 1 aliphatic carbocycles. The number of nitrogens with two attached hydrogens (primary N) is 1. The van der Waals surface area contributed by atoms with Crippen LogP contribution >= 0.6 is 0 Å². The Balaban J connectivity index is 1.83. The Bertz CT molecular complexity index is 387. The van der Waals surface area contributed by atoms with Gasteiger partial charge in [-0.3, -0.25) is 4.79 Å². The van der Waals surface area contributed by atoms with Crippen LogP contribution in [0.25, 0.3) is 0 Å². The largest absolute Gasteiger partial charge is 0.469 e. The van der Waals surface area contributed by atoms with Crippen LogP contribution in [0.15, 0.2) is 16.7 Å².